The fraction of sp³-hybridized carbons (Fsp3) is 0.357. The average Bonchev–Trinajstić information content (AvgIpc) is 3.19. The van der Waals surface area contributed by atoms with E-state index in [1.165, 1.54) is 17.3 Å². The van der Waals surface area contributed by atoms with Crippen LogP contribution in [0.15, 0.2) is 64.4 Å². The number of aromatic nitrogens is 2. The van der Waals surface area contributed by atoms with Crippen LogP contribution in [0, 0.1) is 0 Å². The molecule has 0 atom stereocenters. The number of piperazine rings is 1. The fourth-order valence-electron chi connectivity index (χ4n) is 4.76. The van der Waals surface area contributed by atoms with Crippen molar-refractivity contribution >= 4 is 51.7 Å². The van der Waals surface area contributed by atoms with Crippen LogP contribution in [-0.2, 0) is 11.3 Å². The van der Waals surface area contributed by atoms with Crippen molar-refractivity contribution in [3.63, 3.8) is 0 Å². The second-order valence-corrected chi connectivity index (χ2v) is 11.0. The molecule has 2 aliphatic heterocycles. The van der Waals surface area contributed by atoms with E-state index in [0.717, 1.165) is 52.0 Å². The number of pyridine rings is 1. The van der Waals surface area contributed by atoms with E-state index in [1.54, 1.807) is 21.6 Å². The highest BCUT2D eigenvalue weighted by molar-refractivity contribution is 8.26. The Kier molecular flexibility index (Phi) is 8.02. The minimum absolute atomic E-state index is 0.123. The summed E-state index contributed by atoms with van der Waals surface area (Å²) in [6, 6.07) is 16.0. The third-order valence-corrected chi connectivity index (χ3v) is 8.18. The summed E-state index contributed by atoms with van der Waals surface area (Å²) in [5.41, 5.74) is 2.15. The third-order valence-electron chi connectivity index (χ3n) is 6.80. The molecule has 1 amide bonds. The SMILES string of the molecule is CCCCCN1C(=O)C(=Cc2c(N3CCN(Cc4ccccc4)CC3)nc3ccccn3c2=O)SC1=S. The Morgan fingerprint density at radius 1 is 1.00 bits per heavy atom. The lowest BCUT2D eigenvalue weighted by Gasteiger charge is -2.36. The number of hydrogen-bond donors (Lipinski definition) is 0. The molecule has 2 aromatic heterocycles. The van der Waals surface area contributed by atoms with Gasteiger partial charge in [0.25, 0.3) is 11.5 Å². The minimum Gasteiger partial charge on any atom is -0.353 e. The van der Waals surface area contributed by atoms with E-state index in [2.05, 4.69) is 41.0 Å². The molecule has 1 aromatic carbocycles. The first-order chi connectivity index (χ1) is 18.0. The first-order valence-corrected chi connectivity index (χ1v) is 14.1. The maximum absolute atomic E-state index is 13.6. The van der Waals surface area contributed by atoms with Crippen molar-refractivity contribution in [2.24, 2.45) is 0 Å². The van der Waals surface area contributed by atoms with E-state index < -0.39 is 0 Å². The Bertz CT molecular complexity index is 1380. The molecule has 2 saturated heterocycles. The van der Waals surface area contributed by atoms with Crippen LogP contribution in [0.25, 0.3) is 11.7 Å². The Labute approximate surface area is 226 Å². The zero-order valence-electron chi connectivity index (χ0n) is 21.0. The molecule has 0 aliphatic carbocycles. The number of thiocarbonyl (C=S) groups is 1. The molecular weight excluding hydrogens is 502 g/mol. The molecule has 0 N–H and O–H groups in total. The van der Waals surface area contributed by atoms with Crippen molar-refractivity contribution in [2.75, 3.05) is 37.6 Å². The lowest BCUT2D eigenvalue weighted by atomic mass is 10.2. The van der Waals surface area contributed by atoms with Crippen LogP contribution in [0.2, 0.25) is 0 Å². The number of carbonyl (C=O) groups is 1. The lowest BCUT2D eigenvalue weighted by molar-refractivity contribution is -0.122. The highest BCUT2D eigenvalue weighted by Crippen LogP contribution is 2.34. The van der Waals surface area contributed by atoms with Crippen LogP contribution in [0.3, 0.4) is 0 Å². The first-order valence-electron chi connectivity index (χ1n) is 12.8. The topological polar surface area (TPSA) is 61.2 Å². The number of rotatable bonds is 8. The fourth-order valence-corrected chi connectivity index (χ4v) is 6.05. The van der Waals surface area contributed by atoms with Crippen molar-refractivity contribution in [3.8, 4) is 0 Å². The van der Waals surface area contributed by atoms with E-state index >= 15 is 0 Å². The summed E-state index contributed by atoms with van der Waals surface area (Å²) in [7, 11) is 0. The molecule has 4 heterocycles. The molecule has 7 nitrogen and oxygen atoms in total. The van der Waals surface area contributed by atoms with E-state index in [4.69, 9.17) is 17.2 Å². The molecule has 0 radical (unpaired) electrons. The molecule has 0 unspecified atom stereocenters. The van der Waals surface area contributed by atoms with Gasteiger partial charge in [0.05, 0.1) is 10.5 Å². The van der Waals surface area contributed by atoms with Crippen molar-refractivity contribution in [1.29, 1.82) is 0 Å². The number of unbranched alkanes of at least 4 members (excludes halogenated alkanes) is 2. The second-order valence-electron chi connectivity index (χ2n) is 9.37. The van der Waals surface area contributed by atoms with E-state index in [1.807, 2.05) is 24.3 Å². The maximum Gasteiger partial charge on any atom is 0.267 e. The third kappa shape index (κ3) is 5.63. The van der Waals surface area contributed by atoms with E-state index in [0.29, 0.717) is 32.8 Å². The summed E-state index contributed by atoms with van der Waals surface area (Å²) >= 11 is 6.78. The second kappa shape index (κ2) is 11.6. The van der Waals surface area contributed by atoms with Crippen molar-refractivity contribution in [3.05, 3.63) is 81.1 Å². The number of hydrogen-bond acceptors (Lipinski definition) is 7. The van der Waals surface area contributed by atoms with E-state index in [9.17, 15) is 9.59 Å². The molecule has 2 aliphatic rings. The summed E-state index contributed by atoms with van der Waals surface area (Å²) < 4.78 is 2.10. The summed E-state index contributed by atoms with van der Waals surface area (Å²) in [4.78, 5) is 38.5. The number of anilines is 1. The van der Waals surface area contributed by atoms with Gasteiger partial charge in [-0.2, -0.15) is 0 Å². The zero-order chi connectivity index (χ0) is 25.8. The van der Waals surface area contributed by atoms with Crippen LogP contribution < -0.4 is 10.5 Å². The number of nitrogens with zero attached hydrogens (tertiary/aromatic N) is 5. The number of benzene rings is 1. The zero-order valence-corrected chi connectivity index (χ0v) is 22.6. The average molecular weight is 534 g/mol. The molecule has 9 heteroatoms. The van der Waals surface area contributed by atoms with Gasteiger partial charge in [0.15, 0.2) is 0 Å². The van der Waals surface area contributed by atoms with Gasteiger partial charge in [0, 0.05) is 45.5 Å². The maximum atomic E-state index is 13.6. The Balaban J connectivity index is 1.43. The largest absolute Gasteiger partial charge is 0.353 e. The van der Waals surface area contributed by atoms with Crippen LogP contribution >= 0.6 is 24.0 Å². The molecule has 5 rings (SSSR count). The van der Waals surface area contributed by atoms with Gasteiger partial charge in [-0.1, -0.05) is 80.1 Å². The Morgan fingerprint density at radius 3 is 2.51 bits per heavy atom. The van der Waals surface area contributed by atoms with Crippen molar-refractivity contribution in [1.82, 2.24) is 19.2 Å². The van der Waals surface area contributed by atoms with Gasteiger partial charge in [-0.25, -0.2) is 4.98 Å². The molecule has 0 bridgehead atoms. The monoisotopic (exact) mass is 533 g/mol. The molecule has 192 valence electrons. The minimum atomic E-state index is -0.177. The van der Waals surface area contributed by atoms with Crippen molar-refractivity contribution < 1.29 is 4.79 Å². The highest BCUT2D eigenvalue weighted by atomic mass is 32.2. The predicted octanol–water partition coefficient (Wildman–Crippen LogP) is 4.41. The molecule has 2 fully saturated rings. The van der Waals surface area contributed by atoms with Gasteiger partial charge >= 0.3 is 0 Å². The molecule has 0 saturated carbocycles. The molecule has 3 aromatic rings. The summed E-state index contributed by atoms with van der Waals surface area (Å²) in [6.45, 7) is 6.87. The normalized spacial score (nSPS) is 17.9. The first kappa shape index (κ1) is 25.6. The number of amides is 1. The van der Waals surface area contributed by atoms with Gasteiger partial charge in [0.1, 0.15) is 15.8 Å². The van der Waals surface area contributed by atoms with Gasteiger partial charge in [0.2, 0.25) is 0 Å². The summed E-state index contributed by atoms with van der Waals surface area (Å²) in [5.74, 6) is 0.508. The predicted molar refractivity (Wildman–Crippen MR) is 155 cm³/mol. The van der Waals surface area contributed by atoms with E-state index in [-0.39, 0.29) is 11.5 Å². The van der Waals surface area contributed by atoms with Crippen LogP contribution in [0.5, 0.6) is 0 Å². The smallest absolute Gasteiger partial charge is 0.267 e. The standard InChI is InChI=1S/C28H31N5O2S2/c1-2-3-8-14-33-27(35)23(37-28(33)36)19-22-25(29-24-12-7-9-13-32(24)26(22)34)31-17-15-30(16-18-31)20-21-10-5-4-6-11-21/h4-7,9-13,19H,2-3,8,14-18,20H2,1H3. The molecule has 0 spiro atoms. The van der Waals surface area contributed by atoms with Gasteiger partial charge < -0.3 is 4.90 Å². The van der Waals surface area contributed by atoms with Crippen LogP contribution in [0.4, 0.5) is 5.82 Å². The Hall–Kier alpha value is -3.01. The lowest BCUT2D eigenvalue weighted by Crippen LogP contribution is -2.47. The molecular formula is C28H31N5O2S2. The molecule has 37 heavy (non-hydrogen) atoms. The Morgan fingerprint density at radius 2 is 1.76 bits per heavy atom. The summed E-state index contributed by atoms with van der Waals surface area (Å²) in [5, 5.41) is 0. The number of carbonyl (C=O) groups excluding carboxylic acids is 1. The van der Waals surface area contributed by atoms with Gasteiger partial charge in [-0.15, -0.1) is 0 Å². The highest BCUT2D eigenvalue weighted by Gasteiger charge is 2.32. The quantitative estimate of drug-likeness (QED) is 0.242. The van der Waals surface area contributed by atoms with Gasteiger partial charge in [-0.3, -0.25) is 23.8 Å². The summed E-state index contributed by atoms with van der Waals surface area (Å²) in [6.07, 6.45) is 6.46. The van der Waals surface area contributed by atoms with Gasteiger partial charge in [-0.05, 0) is 30.2 Å². The number of thioether (sulfide) groups is 1. The van der Waals surface area contributed by atoms with Crippen LogP contribution in [-0.4, -0.2) is 62.1 Å². The number of fused-ring (bicyclic) bond motifs is 1. The van der Waals surface area contributed by atoms with Crippen LogP contribution in [0.1, 0.15) is 37.3 Å². The van der Waals surface area contributed by atoms with Crippen molar-refractivity contribution in [2.45, 2.75) is 32.7 Å².